The van der Waals surface area contributed by atoms with Crippen molar-refractivity contribution in [3.05, 3.63) is 29.8 Å². The van der Waals surface area contributed by atoms with Crippen LogP contribution in [0.1, 0.15) is 26.3 Å². The highest BCUT2D eigenvalue weighted by molar-refractivity contribution is 6.00. The lowest BCUT2D eigenvalue weighted by Gasteiger charge is -2.11. The van der Waals surface area contributed by atoms with E-state index in [-0.39, 0.29) is 12.6 Å². The molecule has 6 nitrogen and oxygen atoms in total. The number of hydrazone groups is 1. The molecule has 1 atom stereocenters. The molecule has 0 saturated carbocycles. The van der Waals surface area contributed by atoms with Crippen LogP contribution in [0.25, 0.3) is 0 Å². The molecule has 0 aliphatic rings. The number of aryl methyl sites for hydroxylation is 1. The highest BCUT2D eigenvalue weighted by atomic mass is 16.5. The van der Waals surface area contributed by atoms with Gasteiger partial charge in [-0.25, -0.2) is 5.43 Å². The highest BCUT2D eigenvalue weighted by Crippen LogP contribution is 2.15. The number of amides is 1. The molecule has 1 aromatic carbocycles. The Bertz CT molecular complexity index is 555. The third-order valence-corrected chi connectivity index (χ3v) is 3.08. The Morgan fingerprint density at radius 1 is 1.32 bits per heavy atom. The molecule has 0 unspecified atom stereocenters. The number of carbonyl (C=O) groups excluding carboxylic acids is 2. The fourth-order valence-corrected chi connectivity index (χ4v) is 1.58. The molecular weight excluding hydrogens is 284 g/mol. The minimum atomic E-state index is -0.502. The predicted octanol–water partition coefficient (Wildman–Crippen LogP) is 2.07. The smallest absolute Gasteiger partial charge is 0.314 e. The summed E-state index contributed by atoms with van der Waals surface area (Å²) in [5.74, 6) is -0.608. The number of ether oxygens (including phenoxy) is 2. The monoisotopic (exact) mass is 306 g/mol. The van der Waals surface area contributed by atoms with Crippen molar-refractivity contribution >= 4 is 17.6 Å². The van der Waals surface area contributed by atoms with Gasteiger partial charge in [0.05, 0.1) is 12.5 Å². The van der Waals surface area contributed by atoms with Crippen LogP contribution in [0.4, 0.5) is 0 Å². The zero-order chi connectivity index (χ0) is 16.5. The van der Waals surface area contributed by atoms with Crippen LogP contribution in [0.2, 0.25) is 0 Å². The second-order valence-corrected chi connectivity index (χ2v) is 4.82. The van der Waals surface area contributed by atoms with Crippen molar-refractivity contribution in [2.24, 2.45) is 11.0 Å². The molecule has 1 amide bonds. The maximum atomic E-state index is 11.7. The van der Waals surface area contributed by atoms with Gasteiger partial charge >= 0.3 is 5.97 Å². The van der Waals surface area contributed by atoms with E-state index in [0.717, 1.165) is 5.56 Å². The predicted molar refractivity (Wildman–Crippen MR) is 83.7 cm³/mol. The third kappa shape index (κ3) is 5.55. The second-order valence-electron chi connectivity index (χ2n) is 4.82. The summed E-state index contributed by atoms with van der Waals surface area (Å²) in [5.41, 5.74) is 3.79. The molecule has 0 aliphatic carbocycles. The van der Waals surface area contributed by atoms with Crippen LogP contribution < -0.4 is 10.2 Å². The van der Waals surface area contributed by atoms with Gasteiger partial charge in [-0.1, -0.05) is 18.2 Å². The van der Waals surface area contributed by atoms with Gasteiger partial charge in [-0.2, -0.15) is 5.10 Å². The molecule has 1 N–H and O–H groups in total. The Morgan fingerprint density at radius 2 is 2.00 bits per heavy atom. The molecule has 0 saturated heterocycles. The average Bonchev–Trinajstić information content (AvgIpc) is 2.51. The molecule has 0 aliphatic heterocycles. The van der Waals surface area contributed by atoms with E-state index in [2.05, 4.69) is 10.5 Å². The summed E-state index contributed by atoms with van der Waals surface area (Å²) in [5, 5.41) is 3.90. The fourth-order valence-electron chi connectivity index (χ4n) is 1.58. The number of nitrogens with zero attached hydrogens (tertiary/aromatic N) is 1. The third-order valence-electron chi connectivity index (χ3n) is 3.08. The van der Waals surface area contributed by atoms with Gasteiger partial charge in [0, 0.05) is 5.71 Å². The summed E-state index contributed by atoms with van der Waals surface area (Å²) in [7, 11) is 0. The Balaban J connectivity index is 2.46. The molecule has 0 spiro atoms. The maximum absolute atomic E-state index is 11.7. The summed E-state index contributed by atoms with van der Waals surface area (Å²) in [6.45, 7) is 7.14. The van der Waals surface area contributed by atoms with Gasteiger partial charge in [-0.3, -0.25) is 9.59 Å². The van der Waals surface area contributed by atoms with Crippen LogP contribution in [-0.4, -0.2) is 30.8 Å². The largest absolute Gasteiger partial charge is 0.483 e. The summed E-state index contributed by atoms with van der Waals surface area (Å²) in [6.07, 6.45) is 0. The van der Waals surface area contributed by atoms with Crippen molar-refractivity contribution in [1.29, 1.82) is 0 Å². The second kappa shape index (κ2) is 8.81. The van der Waals surface area contributed by atoms with Gasteiger partial charge in [-0.15, -0.1) is 0 Å². The molecular formula is C16H22N2O4. The van der Waals surface area contributed by atoms with E-state index < -0.39 is 11.8 Å². The number of para-hydroxylation sites is 1. The van der Waals surface area contributed by atoms with Crippen LogP contribution in [0.15, 0.2) is 29.4 Å². The zero-order valence-electron chi connectivity index (χ0n) is 13.4. The molecule has 6 heteroatoms. The molecule has 120 valence electrons. The quantitative estimate of drug-likeness (QED) is 0.475. The normalized spacial score (nSPS) is 12.5. The summed E-state index contributed by atoms with van der Waals surface area (Å²) < 4.78 is 10.3. The van der Waals surface area contributed by atoms with Gasteiger partial charge in [0.15, 0.2) is 6.61 Å². The Labute approximate surface area is 130 Å². The van der Waals surface area contributed by atoms with E-state index >= 15 is 0 Å². The highest BCUT2D eigenvalue weighted by Gasteiger charge is 2.17. The van der Waals surface area contributed by atoms with Gasteiger partial charge < -0.3 is 9.47 Å². The van der Waals surface area contributed by atoms with E-state index in [1.807, 2.05) is 25.1 Å². The molecule has 1 aromatic rings. The van der Waals surface area contributed by atoms with Crippen molar-refractivity contribution < 1.29 is 19.1 Å². The Kier molecular flexibility index (Phi) is 7.08. The lowest BCUT2D eigenvalue weighted by molar-refractivity contribution is -0.145. The molecule has 1 rings (SSSR count). The first kappa shape index (κ1) is 17.7. The van der Waals surface area contributed by atoms with Crippen molar-refractivity contribution in [2.75, 3.05) is 13.2 Å². The SMILES string of the molecule is CCOC(=O)[C@H](C)/C(C)=N\NC(=O)COc1ccccc1C. The van der Waals surface area contributed by atoms with Gasteiger partial charge in [0.2, 0.25) is 0 Å². The molecule has 0 aromatic heterocycles. The van der Waals surface area contributed by atoms with E-state index in [4.69, 9.17) is 9.47 Å². The summed E-state index contributed by atoms with van der Waals surface area (Å²) >= 11 is 0. The molecule has 22 heavy (non-hydrogen) atoms. The van der Waals surface area contributed by atoms with E-state index in [0.29, 0.717) is 18.1 Å². The van der Waals surface area contributed by atoms with Gasteiger partial charge in [0.25, 0.3) is 5.91 Å². The zero-order valence-corrected chi connectivity index (χ0v) is 13.4. The van der Waals surface area contributed by atoms with Gasteiger partial charge in [-0.05, 0) is 39.3 Å². The number of rotatable bonds is 7. The number of hydrogen-bond donors (Lipinski definition) is 1. The summed E-state index contributed by atoms with van der Waals surface area (Å²) in [6, 6.07) is 7.42. The van der Waals surface area contributed by atoms with Crippen LogP contribution >= 0.6 is 0 Å². The Hall–Kier alpha value is -2.37. The minimum Gasteiger partial charge on any atom is -0.483 e. The molecule has 0 fully saturated rings. The molecule has 0 radical (unpaired) electrons. The first-order valence-electron chi connectivity index (χ1n) is 7.13. The molecule has 0 heterocycles. The molecule has 0 bridgehead atoms. The van der Waals surface area contributed by atoms with Crippen LogP contribution in [0, 0.1) is 12.8 Å². The van der Waals surface area contributed by atoms with Crippen LogP contribution in [0.5, 0.6) is 5.75 Å². The number of nitrogens with one attached hydrogen (secondary N) is 1. The van der Waals surface area contributed by atoms with Crippen LogP contribution in [0.3, 0.4) is 0 Å². The maximum Gasteiger partial charge on any atom is 0.314 e. The van der Waals surface area contributed by atoms with E-state index in [1.165, 1.54) is 0 Å². The van der Waals surface area contributed by atoms with Crippen molar-refractivity contribution in [3.8, 4) is 5.75 Å². The number of benzene rings is 1. The first-order valence-corrected chi connectivity index (χ1v) is 7.13. The topological polar surface area (TPSA) is 77.0 Å². The number of carbonyl (C=O) groups is 2. The van der Waals surface area contributed by atoms with Gasteiger partial charge in [0.1, 0.15) is 5.75 Å². The first-order chi connectivity index (χ1) is 10.5. The summed E-state index contributed by atoms with van der Waals surface area (Å²) in [4.78, 5) is 23.2. The van der Waals surface area contributed by atoms with Crippen molar-refractivity contribution in [2.45, 2.75) is 27.7 Å². The van der Waals surface area contributed by atoms with Crippen molar-refractivity contribution in [3.63, 3.8) is 0 Å². The van der Waals surface area contributed by atoms with Crippen LogP contribution in [-0.2, 0) is 14.3 Å². The van der Waals surface area contributed by atoms with E-state index in [1.54, 1.807) is 26.8 Å². The van der Waals surface area contributed by atoms with E-state index in [9.17, 15) is 9.59 Å². The number of hydrogen-bond acceptors (Lipinski definition) is 5. The number of esters is 1. The lowest BCUT2D eigenvalue weighted by Crippen LogP contribution is -2.28. The Morgan fingerprint density at radius 3 is 2.64 bits per heavy atom. The fraction of sp³-hybridized carbons (Fsp3) is 0.438. The average molecular weight is 306 g/mol. The lowest BCUT2D eigenvalue weighted by atomic mass is 10.1. The standard InChI is InChI=1S/C16H22N2O4/c1-5-21-16(20)12(3)13(4)17-18-15(19)10-22-14-9-7-6-8-11(14)2/h6-9,12H,5,10H2,1-4H3,(H,18,19)/b17-13-/t12-/m1/s1. The van der Waals surface area contributed by atoms with Crippen molar-refractivity contribution in [1.82, 2.24) is 5.43 Å². The minimum absolute atomic E-state index is 0.143.